The average Bonchev–Trinajstić information content (AvgIpc) is 3.71. The topological polar surface area (TPSA) is 146 Å². The number of rotatable bonds is 11. The van der Waals surface area contributed by atoms with Gasteiger partial charge in [-0.15, -0.1) is 0 Å². The lowest BCUT2D eigenvalue weighted by Crippen LogP contribution is -2.40. The monoisotopic (exact) mass is 613 g/mol. The smallest absolute Gasteiger partial charge is 0.325 e. The third-order valence-corrected chi connectivity index (χ3v) is 9.41. The fraction of sp³-hybridized carbons (Fsp3) is 0.357. The molecule has 222 valence electrons. The Hall–Kier alpha value is -4.10. The minimum Gasteiger partial charge on any atom is -0.494 e. The van der Waals surface area contributed by atoms with Crippen LogP contribution < -0.4 is 25.6 Å². The third-order valence-electron chi connectivity index (χ3n) is 6.93. The zero-order valence-electron chi connectivity index (χ0n) is 23.4. The van der Waals surface area contributed by atoms with Crippen molar-refractivity contribution in [3.05, 3.63) is 53.7 Å². The van der Waals surface area contributed by atoms with E-state index in [1.54, 1.807) is 55.1 Å². The quantitative estimate of drug-likeness (QED) is 0.288. The second-order valence-corrected chi connectivity index (χ2v) is 13.2. The van der Waals surface area contributed by atoms with Gasteiger partial charge < -0.3 is 25.6 Å². The summed E-state index contributed by atoms with van der Waals surface area (Å²) in [6.07, 6.45) is 3.37. The molecule has 0 radical (unpaired) electrons. The highest BCUT2D eigenvalue weighted by molar-refractivity contribution is 7.92. The number of hydrogen-bond donors (Lipinski definition) is 3. The molecule has 2 aromatic carbocycles. The fourth-order valence-corrected chi connectivity index (χ4v) is 5.77. The lowest BCUT2D eigenvalue weighted by Gasteiger charge is -2.20. The van der Waals surface area contributed by atoms with Crippen LogP contribution >= 0.6 is 11.6 Å². The Kier molecular flexibility index (Phi) is 8.41. The molecule has 42 heavy (non-hydrogen) atoms. The molecular formula is C28H32ClN7O5S. The minimum absolute atomic E-state index is 0.0285. The number of benzene rings is 2. The van der Waals surface area contributed by atoms with Crippen LogP contribution in [0.4, 0.5) is 33.6 Å². The summed E-state index contributed by atoms with van der Waals surface area (Å²) in [6, 6.07) is 11.8. The standard InChI is InChI=1S/C28H32ClN7O5S/c1-17(2)42(39,40)24-7-5-4-6-22(24)32-26-20(29)15-30-27(34-26)33-21-11-10-19(14-23(21)41-3)36-13-12-35(28(36)38)16-25(37)31-18-8-9-18/h4-7,10-11,14-15,17-18H,8-9,12-13,16H2,1-3H3,(H,31,37)(H2,30,32,33,34). The lowest BCUT2D eigenvalue weighted by atomic mass is 10.2. The van der Waals surface area contributed by atoms with E-state index in [1.165, 1.54) is 24.3 Å². The van der Waals surface area contributed by atoms with Crippen LogP contribution in [0.2, 0.25) is 5.02 Å². The van der Waals surface area contributed by atoms with Gasteiger partial charge in [-0.1, -0.05) is 23.7 Å². The number of anilines is 5. The molecule has 3 aromatic rings. The maximum Gasteiger partial charge on any atom is 0.325 e. The number of nitrogens with zero attached hydrogens (tertiary/aromatic N) is 4. The molecule has 1 saturated heterocycles. The first-order chi connectivity index (χ1) is 20.1. The van der Waals surface area contributed by atoms with Crippen LogP contribution in [-0.4, -0.2) is 73.3 Å². The van der Waals surface area contributed by atoms with Crippen molar-refractivity contribution in [3.63, 3.8) is 0 Å². The van der Waals surface area contributed by atoms with Crippen LogP contribution in [0.3, 0.4) is 0 Å². The summed E-state index contributed by atoms with van der Waals surface area (Å²) in [5.41, 5.74) is 1.49. The molecule has 2 aliphatic rings. The van der Waals surface area contributed by atoms with Crippen molar-refractivity contribution in [2.45, 2.75) is 42.9 Å². The summed E-state index contributed by atoms with van der Waals surface area (Å²) >= 11 is 6.36. The highest BCUT2D eigenvalue weighted by Gasteiger charge is 2.32. The second-order valence-electron chi connectivity index (χ2n) is 10.3. The SMILES string of the molecule is COc1cc(N2CCN(CC(=O)NC3CC3)C2=O)ccc1Nc1ncc(Cl)c(Nc2ccccc2S(=O)(=O)C(C)C)n1. The van der Waals surface area contributed by atoms with Crippen LogP contribution in [0.5, 0.6) is 5.75 Å². The summed E-state index contributed by atoms with van der Waals surface area (Å²) in [6.45, 7) is 4.15. The number of ether oxygens (including phenoxy) is 1. The molecule has 12 nitrogen and oxygen atoms in total. The van der Waals surface area contributed by atoms with Crippen molar-refractivity contribution in [1.29, 1.82) is 0 Å². The number of urea groups is 1. The highest BCUT2D eigenvalue weighted by atomic mass is 35.5. The molecule has 3 amide bonds. The molecule has 0 spiro atoms. The highest BCUT2D eigenvalue weighted by Crippen LogP contribution is 2.34. The zero-order valence-corrected chi connectivity index (χ0v) is 25.0. The Balaban J connectivity index is 1.32. The van der Waals surface area contributed by atoms with Gasteiger partial charge in [0.25, 0.3) is 0 Å². The predicted molar refractivity (Wildman–Crippen MR) is 161 cm³/mol. The first kappa shape index (κ1) is 29.4. The van der Waals surface area contributed by atoms with E-state index in [0.29, 0.717) is 35.9 Å². The van der Waals surface area contributed by atoms with Gasteiger partial charge in [-0.2, -0.15) is 4.98 Å². The number of sulfone groups is 1. The van der Waals surface area contributed by atoms with Crippen LogP contribution in [0, 0.1) is 0 Å². The first-order valence-corrected chi connectivity index (χ1v) is 15.4. The Morgan fingerprint density at radius 2 is 1.88 bits per heavy atom. The van der Waals surface area contributed by atoms with Crippen molar-refractivity contribution in [2.24, 2.45) is 0 Å². The van der Waals surface area contributed by atoms with E-state index >= 15 is 0 Å². The molecule has 0 unspecified atom stereocenters. The largest absolute Gasteiger partial charge is 0.494 e. The number of nitrogens with one attached hydrogen (secondary N) is 3. The number of methoxy groups -OCH3 is 1. The maximum absolute atomic E-state index is 13.0. The van der Waals surface area contributed by atoms with E-state index in [4.69, 9.17) is 16.3 Å². The van der Waals surface area contributed by atoms with E-state index in [-0.39, 0.29) is 46.2 Å². The van der Waals surface area contributed by atoms with Crippen molar-refractivity contribution < 1.29 is 22.7 Å². The van der Waals surface area contributed by atoms with Crippen LogP contribution in [-0.2, 0) is 14.6 Å². The molecule has 14 heteroatoms. The molecule has 0 atom stereocenters. The molecule has 2 fully saturated rings. The van der Waals surface area contributed by atoms with Gasteiger partial charge in [-0.25, -0.2) is 18.2 Å². The number of halogens is 1. The zero-order chi connectivity index (χ0) is 30.0. The van der Waals surface area contributed by atoms with Crippen molar-refractivity contribution in [2.75, 3.05) is 42.3 Å². The van der Waals surface area contributed by atoms with E-state index < -0.39 is 15.1 Å². The maximum atomic E-state index is 13.0. The van der Waals surface area contributed by atoms with E-state index in [0.717, 1.165) is 12.8 Å². The number of carbonyl (C=O) groups excluding carboxylic acids is 2. The van der Waals surface area contributed by atoms with Gasteiger partial charge in [0, 0.05) is 30.9 Å². The Morgan fingerprint density at radius 1 is 1.12 bits per heavy atom. The second kappa shape index (κ2) is 12.0. The summed E-state index contributed by atoms with van der Waals surface area (Å²) in [7, 11) is -2.06. The summed E-state index contributed by atoms with van der Waals surface area (Å²) in [5.74, 6) is 0.685. The average molecular weight is 614 g/mol. The normalized spacial score (nSPS) is 15.2. The summed E-state index contributed by atoms with van der Waals surface area (Å²) in [4.78, 5) is 37.2. The Labute approximate surface area is 249 Å². The molecule has 3 N–H and O–H groups in total. The Morgan fingerprint density at radius 3 is 2.60 bits per heavy atom. The molecular weight excluding hydrogens is 582 g/mol. The number of para-hydroxylation sites is 1. The molecule has 1 saturated carbocycles. The van der Waals surface area contributed by atoms with Gasteiger partial charge in [-0.3, -0.25) is 9.69 Å². The van der Waals surface area contributed by atoms with E-state index in [1.807, 2.05) is 0 Å². The lowest BCUT2D eigenvalue weighted by molar-refractivity contribution is -0.121. The van der Waals surface area contributed by atoms with Crippen molar-refractivity contribution >= 4 is 62.2 Å². The molecule has 2 heterocycles. The van der Waals surface area contributed by atoms with Crippen LogP contribution in [0.1, 0.15) is 26.7 Å². The van der Waals surface area contributed by atoms with Crippen LogP contribution in [0.15, 0.2) is 53.6 Å². The van der Waals surface area contributed by atoms with E-state index in [2.05, 4.69) is 25.9 Å². The van der Waals surface area contributed by atoms with Crippen LogP contribution in [0.25, 0.3) is 0 Å². The molecule has 5 rings (SSSR count). The Bertz CT molecular complexity index is 1610. The van der Waals surface area contributed by atoms with Gasteiger partial charge in [0.1, 0.15) is 17.3 Å². The molecule has 1 aromatic heterocycles. The summed E-state index contributed by atoms with van der Waals surface area (Å²) in [5, 5.41) is 8.62. The van der Waals surface area contributed by atoms with Gasteiger partial charge in [0.2, 0.25) is 11.9 Å². The van der Waals surface area contributed by atoms with Gasteiger partial charge >= 0.3 is 6.03 Å². The predicted octanol–water partition coefficient (Wildman–Crippen LogP) is 4.33. The first-order valence-electron chi connectivity index (χ1n) is 13.5. The summed E-state index contributed by atoms with van der Waals surface area (Å²) < 4.78 is 31.3. The molecule has 1 aliphatic carbocycles. The van der Waals surface area contributed by atoms with Crippen molar-refractivity contribution in [1.82, 2.24) is 20.2 Å². The number of carbonyl (C=O) groups is 2. The molecule has 1 aliphatic heterocycles. The molecule has 0 bridgehead atoms. The number of amides is 3. The third kappa shape index (κ3) is 6.36. The minimum atomic E-state index is -3.57. The number of aromatic nitrogens is 2. The van der Waals surface area contributed by atoms with Gasteiger partial charge in [0.15, 0.2) is 15.7 Å². The fourth-order valence-electron chi connectivity index (χ4n) is 4.43. The van der Waals surface area contributed by atoms with Gasteiger partial charge in [-0.05, 0) is 51.0 Å². The number of hydrogen-bond acceptors (Lipinski definition) is 9. The van der Waals surface area contributed by atoms with Gasteiger partial charge in [0.05, 0.1) is 34.8 Å². The van der Waals surface area contributed by atoms with E-state index in [9.17, 15) is 18.0 Å². The van der Waals surface area contributed by atoms with Crippen molar-refractivity contribution in [3.8, 4) is 5.75 Å².